The Balaban J connectivity index is 0.000000583. The first-order valence-corrected chi connectivity index (χ1v) is 40.5. The molecular formula is C84H176N8O10. The van der Waals surface area contributed by atoms with Crippen LogP contribution in [0.4, 0.5) is 0 Å². The molecule has 18 heteroatoms. The predicted molar refractivity (Wildman–Crippen MR) is 432 cm³/mol. The van der Waals surface area contributed by atoms with Gasteiger partial charge in [-0.05, 0) is 352 Å². The number of rotatable bonds is 16. The van der Waals surface area contributed by atoms with E-state index in [1.54, 1.807) is 0 Å². The highest BCUT2D eigenvalue weighted by atomic mass is 16.6. The van der Waals surface area contributed by atoms with Gasteiger partial charge in [-0.3, -0.25) is 9.80 Å². The molecule has 0 aliphatic carbocycles. The molecule has 8 rings (SSSR count). The fraction of sp³-hybridized carbons (Fsp3) is 1.00. The van der Waals surface area contributed by atoms with Crippen molar-refractivity contribution in [3.05, 3.63) is 0 Å². The average Bonchev–Trinajstić information content (AvgIpc) is 1.71. The molecule has 0 aromatic carbocycles. The summed E-state index contributed by atoms with van der Waals surface area (Å²) < 4.78 is 57.2. The SMILES string of the molecule is CN1CCCC[C@@H]1COC(C)(C)C.CN1CCCC[C@H]1COC(C)(C)C.CN1CCC[C@@]1(C)COC(C)(C)C.CN1CCC[C@]1(C)COC(C)(C)C.CN1CCO[C@@H](COC(C)(C)C)C1.CN1CCO[C@H](COC(C)(C)C)C1.CN1CC[C@@H](COC(C)(C)C)C1.CN1CC[C@H](COC(C)(C)C)C1. The van der Waals surface area contributed by atoms with E-state index < -0.39 is 0 Å². The summed E-state index contributed by atoms with van der Waals surface area (Å²) in [6.45, 7) is 77.3. The zero-order valence-electron chi connectivity index (χ0n) is 74.2. The molecule has 612 valence electrons. The van der Waals surface area contributed by atoms with E-state index in [4.69, 9.17) is 47.4 Å². The first-order chi connectivity index (χ1) is 46.5. The van der Waals surface area contributed by atoms with Crippen LogP contribution in [0.1, 0.15) is 257 Å². The first-order valence-electron chi connectivity index (χ1n) is 40.5. The third kappa shape index (κ3) is 52.4. The van der Waals surface area contributed by atoms with Crippen LogP contribution >= 0.6 is 0 Å². The molecule has 8 heterocycles. The smallest absolute Gasteiger partial charge is 0.0935 e. The van der Waals surface area contributed by atoms with E-state index in [1.165, 1.54) is 129 Å². The lowest BCUT2D eigenvalue weighted by atomic mass is 10.0. The van der Waals surface area contributed by atoms with E-state index in [0.29, 0.717) is 25.3 Å². The van der Waals surface area contributed by atoms with E-state index in [9.17, 15) is 0 Å². The molecule has 8 aliphatic rings. The van der Waals surface area contributed by atoms with Crippen molar-refractivity contribution in [3.63, 3.8) is 0 Å². The average molecular weight is 1460 g/mol. The molecule has 0 saturated carbocycles. The third-order valence-corrected chi connectivity index (χ3v) is 19.7. The van der Waals surface area contributed by atoms with Gasteiger partial charge in [-0.25, -0.2) is 0 Å². The maximum atomic E-state index is 5.84. The van der Waals surface area contributed by atoms with Crippen molar-refractivity contribution in [2.45, 2.75) is 337 Å². The number of morpholine rings is 2. The quantitative estimate of drug-likeness (QED) is 0.146. The van der Waals surface area contributed by atoms with E-state index in [1.807, 2.05) is 0 Å². The number of likely N-dealkylation sites (N-methyl/N-ethyl adjacent to an activating group) is 6. The summed E-state index contributed by atoms with van der Waals surface area (Å²) >= 11 is 0. The number of piperidine rings is 2. The summed E-state index contributed by atoms with van der Waals surface area (Å²) in [6.07, 6.45) is 16.3. The summed E-state index contributed by atoms with van der Waals surface area (Å²) in [4.78, 5) is 19.0. The monoisotopic (exact) mass is 1460 g/mol. The topological polar surface area (TPSA) is 118 Å². The van der Waals surface area contributed by atoms with E-state index in [2.05, 4.69) is 276 Å². The van der Waals surface area contributed by atoms with Gasteiger partial charge in [-0.2, -0.15) is 0 Å². The molecular weight excluding hydrogens is 1280 g/mol. The molecule has 0 unspecified atom stereocenters. The van der Waals surface area contributed by atoms with Gasteiger partial charge in [-0.1, -0.05) is 12.8 Å². The lowest BCUT2D eigenvalue weighted by Crippen LogP contribution is -2.44. The second-order valence-corrected chi connectivity index (χ2v) is 40.0. The fourth-order valence-electron chi connectivity index (χ4n) is 12.5. The van der Waals surface area contributed by atoms with Gasteiger partial charge in [0.05, 0.1) is 123 Å². The number of hydrogen-bond acceptors (Lipinski definition) is 18. The van der Waals surface area contributed by atoms with Crippen LogP contribution in [0.3, 0.4) is 0 Å². The molecule has 0 radical (unpaired) electrons. The molecule has 8 atom stereocenters. The molecule has 0 spiro atoms. The van der Waals surface area contributed by atoms with Crippen molar-refractivity contribution in [1.82, 2.24) is 39.2 Å². The standard InChI is InChI=1S/4C11H23NO.2C10H21NO2.2C10H21NO/c2*1-10(2,3)13-9-11(4)7-6-8-12(11)5;2*1-11(2,3)13-9-10-7-5-6-8-12(10)4;2*1-10(2,3)13-8-9-7-11(4)5-6-12-9;2*1-10(2,3)12-8-9-5-6-11(4)7-9/h2*6-9H2,1-5H3;2*10H,5-9H2,1-4H3;2*9H,5-8H2,1-4H3;2*9H,5-8H2,1-4H3/t2*11-;2*10-;4*9-/m10101010/s1. The Morgan fingerprint density at radius 1 is 0.294 bits per heavy atom. The third-order valence-electron chi connectivity index (χ3n) is 19.7. The van der Waals surface area contributed by atoms with Crippen molar-refractivity contribution in [2.24, 2.45) is 11.8 Å². The lowest BCUT2D eigenvalue weighted by Gasteiger charge is -2.34. The molecule has 8 aliphatic heterocycles. The number of likely N-dealkylation sites (tertiary alicyclic amines) is 6. The molecule has 0 N–H and O–H groups in total. The fourth-order valence-corrected chi connectivity index (χ4v) is 12.5. The minimum absolute atomic E-state index is 0.00750. The van der Waals surface area contributed by atoms with Gasteiger partial charge in [0.25, 0.3) is 0 Å². The summed E-state index contributed by atoms with van der Waals surface area (Å²) in [7, 11) is 17.4. The Morgan fingerprint density at radius 3 is 0.804 bits per heavy atom. The number of ether oxygens (including phenoxy) is 10. The molecule has 0 amide bonds. The van der Waals surface area contributed by atoms with Crippen LogP contribution in [0.15, 0.2) is 0 Å². The molecule has 0 aromatic rings. The van der Waals surface area contributed by atoms with Gasteiger partial charge in [0.15, 0.2) is 0 Å². The molecule has 8 fully saturated rings. The summed E-state index contributed by atoms with van der Waals surface area (Å²) in [6, 6.07) is 1.29. The van der Waals surface area contributed by atoms with Gasteiger partial charge >= 0.3 is 0 Å². The van der Waals surface area contributed by atoms with Crippen molar-refractivity contribution < 1.29 is 47.4 Å². The molecule has 18 nitrogen and oxygen atoms in total. The Labute approximate surface area is 633 Å². The van der Waals surface area contributed by atoms with E-state index in [-0.39, 0.29) is 68.1 Å². The van der Waals surface area contributed by atoms with Crippen LogP contribution in [0, 0.1) is 11.8 Å². The van der Waals surface area contributed by atoms with Gasteiger partial charge in [-0.15, -0.1) is 0 Å². The normalized spacial score (nSPS) is 27.6. The van der Waals surface area contributed by atoms with Crippen LogP contribution < -0.4 is 0 Å². The van der Waals surface area contributed by atoms with Gasteiger partial charge in [0, 0.05) is 62.4 Å². The largest absolute Gasteiger partial charge is 0.376 e. The van der Waals surface area contributed by atoms with Crippen LogP contribution in [-0.2, 0) is 47.4 Å². The minimum Gasteiger partial charge on any atom is -0.376 e. The van der Waals surface area contributed by atoms with Gasteiger partial charge < -0.3 is 76.8 Å². The molecule has 8 saturated heterocycles. The predicted octanol–water partition coefficient (Wildman–Crippen LogP) is 14.9. The highest BCUT2D eigenvalue weighted by molar-refractivity contribution is 4.92. The van der Waals surface area contributed by atoms with Crippen LogP contribution in [-0.4, -0.2) is 320 Å². The maximum Gasteiger partial charge on any atom is 0.0935 e. The maximum absolute atomic E-state index is 5.84. The Bertz CT molecular complexity index is 1960. The summed E-state index contributed by atoms with van der Waals surface area (Å²) in [5.41, 5.74) is 0.497. The Hall–Kier alpha value is -0.720. The lowest BCUT2D eigenvalue weighted by molar-refractivity contribution is -0.0992. The van der Waals surface area contributed by atoms with Crippen LogP contribution in [0.5, 0.6) is 0 Å². The number of nitrogens with zero attached hydrogens (tertiary/aromatic N) is 8. The Kier molecular flexibility index (Phi) is 45.6. The van der Waals surface area contributed by atoms with Crippen LogP contribution in [0.2, 0.25) is 0 Å². The second kappa shape index (κ2) is 46.8. The Morgan fingerprint density at radius 2 is 0.569 bits per heavy atom. The summed E-state index contributed by atoms with van der Waals surface area (Å²) in [5.74, 6) is 1.52. The molecule has 0 bridgehead atoms. The highest BCUT2D eigenvalue weighted by Crippen LogP contribution is 2.31. The van der Waals surface area contributed by atoms with Gasteiger partial charge in [0.1, 0.15) is 0 Å². The summed E-state index contributed by atoms with van der Waals surface area (Å²) in [5, 5.41) is 0. The zero-order valence-corrected chi connectivity index (χ0v) is 74.2. The van der Waals surface area contributed by atoms with Crippen molar-refractivity contribution in [1.29, 1.82) is 0 Å². The van der Waals surface area contributed by atoms with E-state index >= 15 is 0 Å². The van der Waals surface area contributed by atoms with Crippen LogP contribution in [0.25, 0.3) is 0 Å². The zero-order chi connectivity index (χ0) is 78.2. The second-order valence-electron chi connectivity index (χ2n) is 40.0. The number of hydrogen-bond donors (Lipinski definition) is 0. The highest BCUT2D eigenvalue weighted by Gasteiger charge is 2.37. The van der Waals surface area contributed by atoms with E-state index in [0.717, 1.165) is 90.9 Å². The molecule has 102 heavy (non-hydrogen) atoms. The van der Waals surface area contributed by atoms with Crippen molar-refractivity contribution in [2.75, 3.05) is 201 Å². The van der Waals surface area contributed by atoms with Crippen molar-refractivity contribution >= 4 is 0 Å². The van der Waals surface area contributed by atoms with Crippen molar-refractivity contribution in [3.8, 4) is 0 Å². The first kappa shape index (κ1) is 99.3. The minimum atomic E-state index is -0.0562. The molecule has 0 aromatic heterocycles. The van der Waals surface area contributed by atoms with Gasteiger partial charge in [0.2, 0.25) is 0 Å².